The van der Waals surface area contributed by atoms with Gasteiger partial charge >= 0.3 is 0 Å². The molecule has 20 heavy (non-hydrogen) atoms. The molecule has 0 bridgehead atoms. The van der Waals surface area contributed by atoms with Crippen LogP contribution in [-0.4, -0.2) is 61.7 Å². The number of rotatable bonds is 3. The molecule has 2 saturated heterocycles. The number of hydrogen-bond acceptors (Lipinski definition) is 4. The molecule has 3 nitrogen and oxygen atoms in total. The molecule has 0 amide bonds. The molecule has 1 aromatic rings. The lowest BCUT2D eigenvalue weighted by Crippen LogP contribution is -2.53. The maximum Gasteiger partial charge on any atom is 0.146 e. The molecule has 3 rings (SSSR count). The summed E-state index contributed by atoms with van der Waals surface area (Å²) >= 11 is 1.96. The number of nitrogens with zero attached hydrogens (tertiary/aromatic N) is 2. The van der Waals surface area contributed by atoms with Crippen molar-refractivity contribution in [2.24, 2.45) is 0 Å². The van der Waals surface area contributed by atoms with E-state index in [4.69, 9.17) is 0 Å². The maximum absolute atomic E-state index is 13.8. The molecule has 2 fully saturated rings. The van der Waals surface area contributed by atoms with Crippen LogP contribution in [0.4, 0.5) is 10.1 Å². The van der Waals surface area contributed by atoms with Crippen molar-refractivity contribution in [3.05, 3.63) is 30.1 Å². The molecule has 2 aliphatic heterocycles. The van der Waals surface area contributed by atoms with E-state index in [1.165, 1.54) is 0 Å². The van der Waals surface area contributed by atoms with Gasteiger partial charge in [0, 0.05) is 50.6 Å². The third-order valence-corrected chi connectivity index (χ3v) is 5.49. The first-order valence-electron chi connectivity index (χ1n) is 7.26. The topological polar surface area (TPSA) is 18.5 Å². The highest BCUT2D eigenvalue weighted by Gasteiger charge is 2.33. The fourth-order valence-electron chi connectivity index (χ4n) is 3.25. The maximum atomic E-state index is 13.8. The Morgan fingerprint density at radius 2 is 1.90 bits per heavy atom. The second-order valence-corrected chi connectivity index (χ2v) is 6.55. The summed E-state index contributed by atoms with van der Waals surface area (Å²) in [6, 6.07) is 7.73. The molecule has 2 heterocycles. The second kappa shape index (κ2) is 6.33. The zero-order valence-corrected chi connectivity index (χ0v) is 12.7. The van der Waals surface area contributed by atoms with Crippen LogP contribution in [-0.2, 0) is 0 Å². The smallest absolute Gasteiger partial charge is 0.146 e. The summed E-state index contributed by atoms with van der Waals surface area (Å²) in [7, 11) is 0. The molecule has 1 N–H and O–H groups in total. The van der Waals surface area contributed by atoms with Crippen LogP contribution in [0.2, 0.25) is 0 Å². The van der Waals surface area contributed by atoms with E-state index >= 15 is 0 Å². The minimum Gasteiger partial charge on any atom is -0.367 e. The minimum absolute atomic E-state index is 0.106. The standard InChI is InChI=1S/C15H22FN3S/c1-20-15-11-17-10-14(15)19-8-6-18(7-9-19)13-5-3-2-4-12(13)16/h2-5,14-15,17H,6-11H2,1H3. The van der Waals surface area contributed by atoms with Crippen LogP contribution < -0.4 is 10.2 Å². The van der Waals surface area contributed by atoms with Crippen LogP contribution >= 0.6 is 11.8 Å². The third-order valence-electron chi connectivity index (χ3n) is 4.41. The Bertz CT molecular complexity index is 448. The lowest BCUT2D eigenvalue weighted by molar-refractivity contribution is 0.199. The summed E-state index contributed by atoms with van der Waals surface area (Å²) in [4.78, 5) is 4.74. The van der Waals surface area contributed by atoms with Gasteiger partial charge in [0.15, 0.2) is 0 Å². The van der Waals surface area contributed by atoms with Gasteiger partial charge in [0.05, 0.1) is 5.69 Å². The van der Waals surface area contributed by atoms with Crippen molar-refractivity contribution < 1.29 is 4.39 Å². The SMILES string of the molecule is CSC1CNCC1N1CCN(c2ccccc2F)CC1. The molecule has 0 spiro atoms. The van der Waals surface area contributed by atoms with E-state index in [9.17, 15) is 4.39 Å². The van der Waals surface area contributed by atoms with Crippen LogP contribution in [0, 0.1) is 5.82 Å². The van der Waals surface area contributed by atoms with Gasteiger partial charge in [-0.25, -0.2) is 4.39 Å². The van der Waals surface area contributed by atoms with Gasteiger partial charge in [0.1, 0.15) is 5.82 Å². The molecule has 5 heteroatoms. The normalized spacial score (nSPS) is 28.0. The Morgan fingerprint density at radius 3 is 2.60 bits per heavy atom. The first-order chi connectivity index (χ1) is 9.79. The number of halogens is 1. The van der Waals surface area contributed by atoms with Crippen LogP contribution in [0.15, 0.2) is 24.3 Å². The quantitative estimate of drug-likeness (QED) is 0.913. The van der Waals surface area contributed by atoms with E-state index in [2.05, 4.69) is 21.4 Å². The Hall–Kier alpha value is -0.780. The van der Waals surface area contributed by atoms with E-state index in [1.54, 1.807) is 12.1 Å². The first kappa shape index (κ1) is 14.2. The molecular weight excluding hydrogens is 273 g/mol. The number of para-hydroxylation sites is 1. The Kier molecular flexibility index (Phi) is 4.48. The zero-order chi connectivity index (χ0) is 13.9. The highest BCUT2D eigenvalue weighted by Crippen LogP contribution is 2.24. The summed E-state index contributed by atoms with van der Waals surface area (Å²) in [5.74, 6) is -0.106. The lowest BCUT2D eigenvalue weighted by Gasteiger charge is -2.40. The summed E-state index contributed by atoms with van der Waals surface area (Å²) in [5.41, 5.74) is 0.748. The largest absolute Gasteiger partial charge is 0.367 e. The van der Waals surface area contributed by atoms with Crippen molar-refractivity contribution in [1.82, 2.24) is 10.2 Å². The van der Waals surface area contributed by atoms with E-state index in [0.29, 0.717) is 11.3 Å². The summed E-state index contributed by atoms with van der Waals surface area (Å²) < 4.78 is 13.8. The molecule has 0 aliphatic carbocycles. The molecule has 2 aliphatic rings. The summed E-state index contributed by atoms with van der Waals surface area (Å²) in [6.45, 7) is 6.08. The van der Waals surface area contributed by atoms with Crippen molar-refractivity contribution in [1.29, 1.82) is 0 Å². The van der Waals surface area contributed by atoms with Gasteiger partial charge in [-0.15, -0.1) is 0 Å². The van der Waals surface area contributed by atoms with Crippen LogP contribution in [0.3, 0.4) is 0 Å². The van der Waals surface area contributed by atoms with Gasteiger partial charge < -0.3 is 10.2 Å². The number of benzene rings is 1. The average Bonchev–Trinajstić information content (AvgIpc) is 2.96. The van der Waals surface area contributed by atoms with Gasteiger partial charge in [0.2, 0.25) is 0 Å². The molecular formula is C15H22FN3S. The van der Waals surface area contributed by atoms with Gasteiger partial charge in [0.25, 0.3) is 0 Å². The van der Waals surface area contributed by atoms with Gasteiger partial charge in [-0.2, -0.15) is 11.8 Å². The van der Waals surface area contributed by atoms with Crippen molar-refractivity contribution in [3.8, 4) is 0 Å². The Labute approximate surface area is 124 Å². The Morgan fingerprint density at radius 1 is 1.15 bits per heavy atom. The summed E-state index contributed by atoms with van der Waals surface area (Å²) in [6.07, 6.45) is 2.19. The predicted molar refractivity (Wildman–Crippen MR) is 84.1 cm³/mol. The van der Waals surface area contributed by atoms with E-state index in [-0.39, 0.29) is 5.82 Å². The molecule has 0 aromatic heterocycles. The van der Waals surface area contributed by atoms with Crippen LogP contribution in [0.1, 0.15) is 0 Å². The minimum atomic E-state index is -0.106. The predicted octanol–water partition coefficient (Wildman–Crippen LogP) is 1.65. The highest BCUT2D eigenvalue weighted by molar-refractivity contribution is 7.99. The van der Waals surface area contributed by atoms with Gasteiger partial charge in [-0.05, 0) is 18.4 Å². The fourth-order valence-corrected chi connectivity index (χ4v) is 4.12. The zero-order valence-electron chi connectivity index (χ0n) is 11.9. The van der Waals surface area contributed by atoms with E-state index < -0.39 is 0 Å². The summed E-state index contributed by atoms with van der Waals surface area (Å²) in [5, 5.41) is 4.18. The van der Waals surface area contributed by atoms with Crippen LogP contribution in [0.25, 0.3) is 0 Å². The molecule has 2 unspecified atom stereocenters. The van der Waals surface area contributed by atoms with Crippen molar-refractivity contribution in [3.63, 3.8) is 0 Å². The average molecular weight is 295 g/mol. The van der Waals surface area contributed by atoms with Crippen LogP contribution in [0.5, 0.6) is 0 Å². The molecule has 0 radical (unpaired) electrons. The highest BCUT2D eigenvalue weighted by atomic mass is 32.2. The van der Waals surface area contributed by atoms with E-state index in [0.717, 1.165) is 45.0 Å². The number of thioether (sulfide) groups is 1. The second-order valence-electron chi connectivity index (χ2n) is 5.47. The molecule has 1 aromatic carbocycles. The van der Waals surface area contributed by atoms with Gasteiger partial charge in [-0.3, -0.25) is 4.90 Å². The van der Waals surface area contributed by atoms with Gasteiger partial charge in [-0.1, -0.05) is 12.1 Å². The molecule has 110 valence electrons. The number of hydrogen-bond donors (Lipinski definition) is 1. The van der Waals surface area contributed by atoms with Crippen molar-refractivity contribution in [2.45, 2.75) is 11.3 Å². The number of nitrogens with one attached hydrogen (secondary N) is 1. The fraction of sp³-hybridized carbons (Fsp3) is 0.600. The molecule has 0 saturated carbocycles. The Balaban J connectivity index is 1.61. The van der Waals surface area contributed by atoms with E-state index in [1.807, 2.05) is 23.9 Å². The lowest BCUT2D eigenvalue weighted by atomic mass is 10.1. The van der Waals surface area contributed by atoms with Crippen molar-refractivity contribution >= 4 is 17.4 Å². The number of piperazine rings is 1. The third kappa shape index (κ3) is 2.80. The first-order valence-corrected chi connectivity index (χ1v) is 8.55. The molecule has 2 atom stereocenters. The number of anilines is 1. The monoisotopic (exact) mass is 295 g/mol. The van der Waals surface area contributed by atoms with Crippen molar-refractivity contribution in [2.75, 3.05) is 50.4 Å².